The maximum atomic E-state index is 12.8. The summed E-state index contributed by atoms with van der Waals surface area (Å²) in [6.45, 7) is 9.18. The second-order valence-electron chi connectivity index (χ2n) is 5.77. The van der Waals surface area contributed by atoms with Crippen molar-refractivity contribution < 1.29 is 13.9 Å². The summed E-state index contributed by atoms with van der Waals surface area (Å²) in [4.78, 5) is 18.4. The minimum atomic E-state index is -0.430. The number of halogens is 1. The number of pyridine rings is 1. The van der Waals surface area contributed by atoms with Crippen LogP contribution in [0.3, 0.4) is 0 Å². The molecule has 0 fully saturated rings. The Morgan fingerprint density at radius 2 is 2.05 bits per heavy atom. The fourth-order valence-electron chi connectivity index (χ4n) is 2.24. The van der Waals surface area contributed by atoms with Gasteiger partial charge < -0.3 is 9.64 Å². The second kappa shape index (κ2) is 8.85. The predicted octanol–water partition coefficient (Wildman–Crippen LogP) is 2.64. The third-order valence-electron chi connectivity index (χ3n) is 3.19. The Kier molecular flexibility index (Phi) is 7.47. The van der Waals surface area contributed by atoms with Crippen LogP contribution in [-0.4, -0.2) is 49.0 Å². The number of rotatable bonds is 9. The van der Waals surface area contributed by atoms with E-state index in [4.69, 9.17) is 4.74 Å². The number of nitrogens with zero attached hydrogens (tertiary/aromatic N) is 2. The molecule has 1 rings (SSSR count). The maximum absolute atomic E-state index is 12.8. The Balaban J connectivity index is 2.64. The average molecular weight is 296 g/mol. The van der Waals surface area contributed by atoms with Gasteiger partial charge in [-0.05, 0) is 18.1 Å². The maximum Gasteiger partial charge on any atom is 0.185 e. The molecule has 1 heterocycles. The molecule has 0 aliphatic carbocycles. The Labute approximate surface area is 126 Å². The molecule has 21 heavy (non-hydrogen) atoms. The monoisotopic (exact) mass is 296 g/mol. The molecule has 118 valence electrons. The van der Waals surface area contributed by atoms with Gasteiger partial charge in [-0.15, -0.1) is 0 Å². The van der Waals surface area contributed by atoms with Crippen molar-refractivity contribution in [1.82, 2.24) is 9.88 Å². The number of hydrogen-bond acceptors (Lipinski definition) is 4. The van der Waals surface area contributed by atoms with Crippen LogP contribution in [0.25, 0.3) is 0 Å². The fourth-order valence-corrected chi connectivity index (χ4v) is 2.24. The van der Waals surface area contributed by atoms with Crippen LogP contribution in [0.2, 0.25) is 0 Å². The van der Waals surface area contributed by atoms with E-state index in [2.05, 4.69) is 23.7 Å². The first kappa shape index (κ1) is 17.7. The number of carbonyl (C=O) groups excluding carboxylic acids is 1. The molecule has 0 amide bonds. The van der Waals surface area contributed by atoms with Crippen LogP contribution in [-0.2, 0) is 4.74 Å². The van der Waals surface area contributed by atoms with Gasteiger partial charge >= 0.3 is 0 Å². The molecule has 0 aliphatic rings. The van der Waals surface area contributed by atoms with Crippen molar-refractivity contribution in [3.8, 4) is 0 Å². The van der Waals surface area contributed by atoms with Crippen molar-refractivity contribution in [2.75, 3.05) is 33.4 Å². The van der Waals surface area contributed by atoms with Gasteiger partial charge in [-0.3, -0.25) is 9.78 Å². The van der Waals surface area contributed by atoms with Gasteiger partial charge in [0.15, 0.2) is 5.78 Å². The van der Waals surface area contributed by atoms with Crippen molar-refractivity contribution in [3.05, 3.63) is 29.8 Å². The highest BCUT2D eigenvalue weighted by Gasteiger charge is 2.20. The third-order valence-corrected chi connectivity index (χ3v) is 3.19. The minimum absolute atomic E-state index is 0.0545. The van der Waals surface area contributed by atoms with E-state index in [1.54, 1.807) is 7.11 Å². The molecule has 0 saturated carbocycles. The first-order chi connectivity index (χ1) is 9.93. The summed E-state index contributed by atoms with van der Waals surface area (Å²) in [5, 5.41) is 0. The highest BCUT2D eigenvalue weighted by molar-refractivity contribution is 5.95. The lowest BCUT2D eigenvalue weighted by atomic mass is 10.0. The lowest BCUT2D eigenvalue weighted by Crippen LogP contribution is -2.37. The van der Waals surface area contributed by atoms with E-state index >= 15 is 0 Å². The summed E-state index contributed by atoms with van der Waals surface area (Å²) >= 11 is 0. The summed E-state index contributed by atoms with van der Waals surface area (Å²) in [7, 11) is 1.67. The van der Waals surface area contributed by atoms with E-state index in [-0.39, 0.29) is 11.7 Å². The second-order valence-corrected chi connectivity index (χ2v) is 5.77. The normalized spacial score (nSPS) is 12.9. The van der Waals surface area contributed by atoms with Crippen molar-refractivity contribution in [2.45, 2.75) is 20.8 Å². The molecule has 0 radical (unpaired) electrons. The predicted molar refractivity (Wildman–Crippen MR) is 80.8 cm³/mol. The summed E-state index contributed by atoms with van der Waals surface area (Å²) in [5.41, 5.74) is 0.320. The molecule has 1 aromatic heterocycles. The Hall–Kier alpha value is -1.33. The van der Waals surface area contributed by atoms with Crippen molar-refractivity contribution in [1.29, 1.82) is 0 Å². The Morgan fingerprint density at radius 3 is 2.57 bits per heavy atom. The van der Waals surface area contributed by atoms with E-state index in [0.717, 1.165) is 19.3 Å². The van der Waals surface area contributed by atoms with Gasteiger partial charge in [-0.25, -0.2) is 4.39 Å². The molecule has 0 bridgehead atoms. The topological polar surface area (TPSA) is 42.4 Å². The highest BCUT2D eigenvalue weighted by atomic mass is 19.1. The number of methoxy groups -OCH3 is 1. The first-order valence-electron chi connectivity index (χ1n) is 7.31. The minimum Gasteiger partial charge on any atom is -0.383 e. The molecule has 0 saturated heterocycles. The van der Waals surface area contributed by atoms with Crippen LogP contribution < -0.4 is 0 Å². The SMILES string of the molecule is COCCN(CC(C)C)CC(C)C(=O)c1ccc(F)cn1. The molecule has 0 aromatic carbocycles. The third kappa shape index (κ3) is 6.31. The fraction of sp³-hybridized carbons (Fsp3) is 0.625. The zero-order valence-corrected chi connectivity index (χ0v) is 13.3. The standard InChI is InChI=1S/C16H25FN2O2/c1-12(2)10-19(7-8-21-4)11-13(3)16(20)15-6-5-14(17)9-18-15/h5-6,9,12-13H,7-8,10-11H2,1-4H3. The number of ketones is 1. The van der Waals surface area contributed by atoms with Crippen molar-refractivity contribution in [2.24, 2.45) is 11.8 Å². The molecule has 0 spiro atoms. The van der Waals surface area contributed by atoms with Crippen LogP contribution >= 0.6 is 0 Å². The van der Waals surface area contributed by atoms with E-state index < -0.39 is 5.82 Å². The molecular weight excluding hydrogens is 271 g/mol. The number of ether oxygens (including phenoxy) is 1. The molecule has 1 aromatic rings. The average Bonchev–Trinajstić information content (AvgIpc) is 2.44. The lowest BCUT2D eigenvalue weighted by Gasteiger charge is -2.26. The molecule has 0 aliphatic heterocycles. The van der Waals surface area contributed by atoms with Crippen LogP contribution in [0.4, 0.5) is 4.39 Å². The number of aromatic nitrogens is 1. The summed E-state index contributed by atoms with van der Waals surface area (Å²) in [6.07, 6.45) is 1.08. The van der Waals surface area contributed by atoms with Gasteiger partial charge in [0.1, 0.15) is 11.5 Å². The van der Waals surface area contributed by atoms with Crippen LogP contribution in [0.5, 0.6) is 0 Å². The van der Waals surface area contributed by atoms with Gasteiger partial charge in [0.2, 0.25) is 0 Å². The van der Waals surface area contributed by atoms with E-state index in [1.807, 2.05) is 6.92 Å². The number of carbonyl (C=O) groups is 1. The van der Waals surface area contributed by atoms with Gasteiger partial charge in [-0.1, -0.05) is 20.8 Å². The van der Waals surface area contributed by atoms with Gasteiger partial charge in [0.25, 0.3) is 0 Å². The zero-order valence-electron chi connectivity index (χ0n) is 13.3. The summed E-state index contributed by atoms with van der Waals surface area (Å²) in [6, 6.07) is 2.71. The lowest BCUT2D eigenvalue weighted by molar-refractivity contribution is 0.0851. The highest BCUT2D eigenvalue weighted by Crippen LogP contribution is 2.10. The van der Waals surface area contributed by atoms with Crippen LogP contribution in [0.15, 0.2) is 18.3 Å². The van der Waals surface area contributed by atoms with Gasteiger partial charge in [0, 0.05) is 32.7 Å². The summed E-state index contributed by atoms with van der Waals surface area (Å²) in [5.74, 6) is -0.145. The Bertz CT molecular complexity index is 434. The smallest absolute Gasteiger partial charge is 0.185 e. The van der Waals surface area contributed by atoms with Crippen LogP contribution in [0.1, 0.15) is 31.3 Å². The van der Waals surface area contributed by atoms with E-state index in [1.165, 1.54) is 12.1 Å². The zero-order chi connectivity index (χ0) is 15.8. The molecular formula is C16H25FN2O2. The van der Waals surface area contributed by atoms with Crippen LogP contribution in [0, 0.1) is 17.7 Å². The van der Waals surface area contributed by atoms with E-state index in [9.17, 15) is 9.18 Å². The first-order valence-corrected chi connectivity index (χ1v) is 7.31. The molecule has 4 nitrogen and oxygen atoms in total. The molecule has 1 atom stereocenters. The molecule has 0 N–H and O–H groups in total. The number of Topliss-reactive ketones (excluding diaryl/α,β-unsaturated/α-hetero) is 1. The largest absolute Gasteiger partial charge is 0.383 e. The van der Waals surface area contributed by atoms with Crippen molar-refractivity contribution in [3.63, 3.8) is 0 Å². The van der Waals surface area contributed by atoms with E-state index in [0.29, 0.717) is 24.8 Å². The van der Waals surface area contributed by atoms with Gasteiger partial charge in [-0.2, -0.15) is 0 Å². The van der Waals surface area contributed by atoms with Gasteiger partial charge in [0.05, 0.1) is 12.8 Å². The Morgan fingerprint density at radius 1 is 1.33 bits per heavy atom. The molecule has 1 unspecified atom stereocenters. The molecule has 5 heteroatoms. The summed E-state index contributed by atoms with van der Waals surface area (Å²) < 4.78 is 18.0. The quantitative estimate of drug-likeness (QED) is 0.657. The van der Waals surface area contributed by atoms with Crippen molar-refractivity contribution >= 4 is 5.78 Å². The number of hydrogen-bond donors (Lipinski definition) is 0.